The highest BCUT2D eigenvalue weighted by Gasteiger charge is 2.02. The van der Waals surface area contributed by atoms with Crippen LogP contribution in [0.5, 0.6) is 0 Å². The van der Waals surface area contributed by atoms with Gasteiger partial charge in [0.15, 0.2) is 0 Å². The minimum absolute atomic E-state index is 0.848. The topological polar surface area (TPSA) is 38.7 Å². The van der Waals surface area contributed by atoms with Gasteiger partial charge in [-0.25, -0.2) is 9.97 Å². The van der Waals surface area contributed by atoms with Crippen molar-refractivity contribution in [2.45, 2.75) is 0 Å². The molecule has 5 heteroatoms. The van der Waals surface area contributed by atoms with Gasteiger partial charge in [-0.3, -0.25) is 4.98 Å². The Balaban J connectivity index is 2.48. The minimum Gasteiger partial charge on any atom is -0.255 e. The van der Waals surface area contributed by atoms with E-state index in [4.69, 9.17) is 0 Å². The lowest BCUT2D eigenvalue weighted by Crippen LogP contribution is -1.86. The second kappa shape index (κ2) is 4.14. The summed E-state index contributed by atoms with van der Waals surface area (Å²) >= 11 is 6.78. The highest BCUT2D eigenvalue weighted by Crippen LogP contribution is 2.26. The molecule has 0 spiro atoms. The first kappa shape index (κ1) is 9.73. The third-order valence-electron chi connectivity index (χ3n) is 1.66. The van der Waals surface area contributed by atoms with Gasteiger partial charge in [0.25, 0.3) is 0 Å². The van der Waals surface area contributed by atoms with Crippen molar-refractivity contribution in [1.82, 2.24) is 15.0 Å². The van der Waals surface area contributed by atoms with Crippen molar-refractivity contribution >= 4 is 31.9 Å². The van der Waals surface area contributed by atoms with Gasteiger partial charge < -0.3 is 0 Å². The highest BCUT2D eigenvalue weighted by atomic mass is 79.9. The largest absolute Gasteiger partial charge is 0.255 e. The number of pyridine rings is 1. The molecule has 2 heterocycles. The fourth-order valence-electron chi connectivity index (χ4n) is 1.00. The van der Waals surface area contributed by atoms with Crippen LogP contribution >= 0.6 is 31.9 Å². The molecule has 0 bridgehead atoms. The molecule has 2 rings (SSSR count). The van der Waals surface area contributed by atoms with Gasteiger partial charge in [-0.05, 0) is 37.9 Å². The smallest absolute Gasteiger partial charge is 0.115 e. The van der Waals surface area contributed by atoms with Gasteiger partial charge >= 0.3 is 0 Å². The number of hydrogen-bond acceptors (Lipinski definition) is 3. The van der Waals surface area contributed by atoms with Crippen LogP contribution in [0.15, 0.2) is 39.9 Å². The van der Waals surface area contributed by atoms with E-state index in [9.17, 15) is 0 Å². The molecule has 0 fully saturated rings. The maximum atomic E-state index is 4.25. The van der Waals surface area contributed by atoms with Crippen molar-refractivity contribution < 1.29 is 0 Å². The summed E-state index contributed by atoms with van der Waals surface area (Å²) in [5.41, 5.74) is 1.75. The van der Waals surface area contributed by atoms with Crippen molar-refractivity contribution in [2.75, 3.05) is 0 Å². The predicted octanol–water partition coefficient (Wildman–Crippen LogP) is 3.06. The lowest BCUT2D eigenvalue weighted by atomic mass is 10.2. The molecule has 0 aliphatic rings. The Morgan fingerprint density at radius 1 is 0.929 bits per heavy atom. The van der Waals surface area contributed by atoms with E-state index < -0.39 is 0 Å². The quantitative estimate of drug-likeness (QED) is 0.812. The summed E-state index contributed by atoms with van der Waals surface area (Å²) in [6, 6.07) is 1.92. The average Bonchev–Trinajstić information content (AvgIpc) is 2.23. The summed E-state index contributed by atoms with van der Waals surface area (Å²) in [6.07, 6.45) is 6.70. The highest BCUT2D eigenvalue weighted by molar-refractivity contribution is 9.13. The zero-order valence-electron chi connectivity index (χ0n) is 6.98. The Hall–Kier alpha value is -0.810. The van der Waals surface area contributed by atoms with Gasteiger partial charge in [-0.15, -0.1) is 0 Å². The Morgan fingerprint density at radius 2 is 1.64 bits per heavy atom. The Kier molecular flexibility index (Phi) is 2.88. The number of halogens is 2. The van der Waals surface area contributed by atoms with Crippen LogP contribution < -0.4 is 0 Å². The Bertz CT molecular complexity index is 445. The molecule has 0 saturated heterocycles. The molecule has 70 valence electrons. The van der Waals surface area contributed by atoms with E-state index in [0.29, 0.717) is 0 Å². The lowest BCUT2D eigenvalue weighted by molar-refractivity contribution is 1.16. The van der Waals surface area contributed by atoms with E-state index in [1.165, 1.54) is 6.33 Å². The third kappa shape index (κ3) is 1.99. The van der Waals surface area contributed by atoms with Crippen LogP contribution in [-0.4, -0.2) is 15.0 Å². The normalized spacial score (nSPS) is 10.1. The predicted molar refractivity (Wildman–Crippen MR) is 60.7 cm³/mol. The lowest BCUT2D eigenvalue weighted by Gasteiger charge is -2.00. The fraction of sp³-hybridized carbons (Fsp3) is 0. The zero-order valence-corrected chi connectivity index (χ0v) is 10.2. The van der Waals surface area contributed by atoms with Crippen LogP contribution in [0.3, 0.4) is 0 Å². The molecule has 14 heavy (non-hydrogen) atoms. The number of hydrogen-bond donors (Lipinski definition) is 0. The molecule has 0 aromatic carbocycles. The summed E-state index contributed by atoms with van der Waals surface area (Å²) in [7, 11) is 0. The summed E-state index contributed by atoms with van der Waals surface area (Å²) < 4.78 is 1.89. The van der Waals surface area contributed by atoms with Crippen molar-refractivity contribution in [2.24, 2.45) is 0 Å². The number of nitrogens with zero attached hydrogens (tertiary/aromatic N) is 3. The first-order valence-corrected chi connectivity index (χ1v) is 5.42. The summed E-state index contributed by atoms with van der Waals surface area (Å²) in [5.74, 6) is 0. The van der Waals surface area contributed by atoms with Crippen LogP contribution in [-0.2, 0) is 0 Å². The molecule has 2 aromatic rings. The maximum absolute atomic E-state index is 4.25. The van der Waals surface area contributed by atoms with Gasteiger partial charge in [0.05, 0.1) is 10.2 Å². The molecule has 0 atom stereocenters. The van der Waals surface area contributed by atoms with E-state index in [2.05, 4.69) is 46.8 Å². The molecular weight excluding hydrogens is 310 g/mol. The van der Waals surface area contributed by atoms with Crippen molar-refractivity contribution in [3.63, 3.8) is 0 Å². The summed E-state index contributed by atoms with van der Waals surface area (Å²) in [6.45, 7) is 0. The van der Waals surface area contributed by atoms with E-state index >= 15 is 0 Å². The molecule has 0 saturated carbocycles. The SMILES string of the molecule is Brc1cnc(-c2cncnc2)cc1Br. The van der Waals surface area contributed by atoms with Gasteiger partial charge in [0, 0.05) is 28.6 Å². The van der Waals surface area contributed by atoms with Crippen molar-refractivity contribution in [3.8, 4) is 11.3 Å². The maximum Gasteiger partial charge on any atom is 0.115 e. The van der Waals surface area contributed by atoms with E-state index in [0.717, 1.165) is 20.2 Å². The van der Waals surface area contributed by atoms with Gasteiger partial charge in [0.2, 0.25) is 0 Å². The molecule has 0 aliphatic carbocycles. The first-order chi connectivity index (χ1) is 6.77. The molecule has 0 radical (unpaired) electrons. The molecule has 0 aliphatic heterocycles. The number of aromatic nitrogens is 3. The van der Waals surface area contributed by atoms with Gasteiger partial charge in [0.1, 0.15) is 6.33 Å². The Morgan fingerprint density at radius 3 is 2.29 bits per heavy atom. The molecule has 0 amide bonds. The van der Waals surface area contributed by atoms with Crippen molar-refractivity contribution in [1.29, 1.82) is 0 Å². The van der Waals surface area contributed by atoms with Crippen LogP contribution in [0, 0.1) is 0 Å². The molecular formula is C9H5Br2N3. The molecule has 3 nitrogen and oxygen atoms in total. The van der Waals surface area contributed by atoms with E-state index in [1.807, 2.05) is 6.07 Å². The average molecular weight is 315 g/mol. The van der Waals surface area contributed by atoms with Crippen LogP contribution in [0.4, 0.5) is 0 Å². The fourth-order valence-corrected chi connectivity index (χ4v) is 1.54. The van der Waals surface area contributed by atoms with Gasteiger partial charge in [-0.2, -0.15) is 0 Å². The first-order valence-electron chi connectivity index (χ1n) is 3.84. The molecule has 2 aromatic heterocycles. The summed E-state index contributed by atoms with van der Waals surface area (Å²) in [4.78, 5) is 12.1. The van der Waals surface area contributed by atoms with E-state index in [1.54, 1.807) is 18.6 Å². The zero-order chi connectivity index (χ0) is 9.97. The van der Waals surface area contributed by atoms with E-state index in [-0.39, 0.29) is 0 Å². The molecule has 0 N–H and O–H groups in total. The van der Waals surface area contributed by atoms with Crippen LogP contribution in [0.2, 0.25) is 0 Å². The second-order valence-corrected chi connectivity index (χ2v) is 4.32. The second-order valence-electron chi connectivity index (χ2n) is 2.61. The molecule has 0 unspecified atom stereocenters. The standard InChI is InChI=1S/C9H5Br2N3/c10-7-1-9(14-4-8(7)11)6-2-12-5-13-3-6/h1-5H. The monoisotopic (exact) mass is 313 g/mol. The van der Waals surface area contributed by atoms with Crippen molar-refractivity contribution in [3.05, 3.63) is 39.9 Å². The number of rotatable bonds is 1. The van der Waals surface area contributed by atoms with Gasteiger partial charge in [-0.1, -0.05) is 0 Å². The van der Waals surface area contributed by atoms with Crippen LogP contribution in [0.1, 0.15) is 0 Å². The Labute approximate surface area is 97.9 Å². The van der Waals surface area contributed by atoms with Crippen LogP contribution in [0.25, 0.3) is 11.3 Å². The minimum atomic E-state index is 0.848. The summed E-state index contributed by atoms with van der Waals surface area (Å²) in [5, 5.41) is 0. The third-order valence-corrected chi connectivity index (χ3v) is 3.48.